The number of rotatable bonds is 22. The zero-order valence-corrected chi connectivity index (χ0v) is 46.8. The summed E-state index contributed by atoms with van der Waals surface area (Å²) in [6, 6.07) is 8.55. The number of nitrogens with two attached hydrogens (primary N) is 1. The molecule has 4 aromatic rings. The van der Waals surface area contributed by atoms with E-state index in [1.54, 1.807) is 0 Å². The number of anilines is 1. The molecule has 0 amide bonds. The number of nitrogen functional groups attached to an aromatic ring is 1. The first-order valence-corrected chi connectivity index (χ1v) is 22.8. The fourth-order valence-electron chi connectivity index (χ4n) is 4.82. The van der Waals surface area contributed by atoms with Crippen LogP contribution in [0.1, 0.15) is 0 Å². The van der Waals surface area contributed by atoms with Gasteiger partial charge < -0.3 is 39.9 Å². The molecule has 0 aliphatic heterocycles. The van der Waals surface area contributed by atoms with Gasteiger partial charge in [0.2, 0.25) is 10.4 Å². The van der Waals surface area contributed by atoms with E-state index < -0.39 is 109 Å². The van der Waals surface area contributed by atoms with Crippen molar-refractivity contribution in [3.63, 3.8) is 0 Å². The Morgan fingerprint density at radius 2 is 1.34 bits per heavy atom. The van der Waals surface area contributed by atoms with Crippen LogP contribution in [-0.4, -0.2) is 86.8 Å². The molecule has 328 valence electrons. The minimum atomic E-state index is -5.47. The third kappa shape index (κ3) is 17.6. The number of ether oxygens (including phenoxy) is 2. The van der Waals surface area contributed by atoms with Crippen LogP contribution >= 0.6 is 24.4 Å². The number of phenolic OH excluding ortho intramolecular Hbond substituents is 1. The first-order chi connectivity index (χ1) is 28.2. The van der Waals surface area contributed by atoms with Gasteiger partial charge in [0.15, 0.2) is 37.7 Å². The van der Waals surface area contributed by atoms with Gasteiger partial charge in [0.1, 0.15) is 43.6 Å². The molecule has 0 bridgehead atoms. The van der Waals surface area contributed by atoms with E-state index in [0.717, 1.165) is 44.6 Å². The number of benzene rings is 4. The predicted octanol–water partition coefficient (Wildman–Crippen LogP) is -10.0. The summed E-state index contributed by atoms with van der Waals surface area (Å²) >= 11 is 0.259. The number of methoxy groups -OCH3 is 2. The molecule has 4 rings (SSSR count). The van der Waals surface area contributed by atoms with Crippen molar-refractivity contribution in [3.05, 3.63) is 48.5 Å². The van der Waals surface area contributed by atoms with Crippen molar-refractivity contribution in [3.8, 4) is 17.2 Å². The van der Waals surface area contributed by atoms with Crippen LogP contribution in [0.25, 0.3) is 10.8 Å². The third-order valence-electron chi connectivity index (χ3n) is 7.35. The number of phenols is 1. The number of azo groups is 2. The average Bonchev–Trinajstić information content (AvgIpc) is 3.17. The third-order valence-corrected chi connectivity index (χ3v) is 13.0. The molecule has 0 saturated carbocycles. The fourth-order valence-corrected chi connectivity index (χ4v) is 9.07. The van der Waals surface area contributed by atoms with E-state index in [4.69, 9.17) is 19.4 Å². The van der Waals surface area contributed by atoms with E-state index in [1.165, 1.54) is 18.2 Å². The number of aromatic hydroxyl groups is 1. The van der Waals surface area contributed by atoms with Crippen molar-refractivity contribution in [1.82, 2.24) is 0 Å². The molecule has 0 saturated heterocycles. The summed E-state index contributed by atoms with van der Waals surface area (Å²) in [5.41, 5.74) is 3.79. The molecule has 0 unspecified atom stereocenters. The molecule has 64 heavy (non-hydrogen) atoms. The SMILES string of the molecule is COc1cc(S(=O)(=O)CCOS(=O)(=O)[O-])c(OC)cc1N=Nc1c(S(=O)(=O)[O-])cc2cc(SOO[O-])c(N=Nc3cccc(S(=O)(=O)CCOSOO[O-])c3)c(O)c2c1N.[Na+].[Na+].[Na+].[Na+]. The Hall–Kier alpha value is -0.360. The van der Waals surface area contributed by atoms with Gasteiger partial charge in [-0.25, -0.2) is 33.7 Å². The summed E-state index contributed by atoms with van der Waals surface area (Å²) in [4.78, 5) is -2.20. The minimum absolute atomic E-state index is 0. The second-order valence-electron chi connectivity index (χ2n) is 10.9. The van der Waals surface area contributed by atoms with E-state index in [0.29, 0.717) is 0 Å². The summed E-state index contributed by atoms with van der Waals surface area (Å²) in [5, 5.41) is 53.4. The molecule has 0 aromatic heterocycles. The summed E-state index contributed by atoms with van der Waals surface area (Å²) in [7, 11) is -17.0. The van der Waals surface area contributed by atoms with E-state index in [9.17, 15) is 58.4 Å². The van der Waals surface area contributed by atoms with E-state index in [1.807, 2.05) is 0 Å². The Kier molecular flexibility index (Phi) is 28.2. The molecular formula is C28H25N5Na4O21S6. The molecule has 0 heterocycles. The van der Waals surface area contributed by atoms with Crippen LogP contribution in [0.2, 0.25) is 0 Å². The first-order valence-electron chi connectivity index (χ1n) is 15.4. The molecule has 0 aliphatic carbocycles. The van der Waals surface area contributed by atoms with Crippen molar-refractivity contribution in [2.45, 2.75) is 19.6 Å². The Labute approximate surface area is 461 Å². The van der Waals surface area contributed by atoms with Gasteiger partial charge in [-0.1, -0.05) is 6.07 Å². The normalized spacial score (nSPS) is 12.0. The second-order valence-corrected chi connectivity index (χ2v) is 18.8. The maximum Gasteiger partial charge on any atom is 1.00 e. The molecule has 0 spiro atoms. The molecule has 36 heteroatoms. The van der Waals surface area contributed by atoms with Crippen molar-refractivity contribution in [1.29, 1.82) is 0 Å². The Morgan fingerprint density at radius 1 is 0.719 bits per heavy atom. The predicted molar refractivity (Wildman–Crippen MR) is 196 cm³/mol. The number of hydrogen-bond donors (Lipinski definition) is 2. The number of fused-ring (bicyclic) bond motifs is 1. The Bertz CT molecular complexity index is 2760. The van der Waals surface area contributed by atoms with Crippen LogP contribution in [-0.2, 0) is 67.3 Å². The van der Waals surface area contributed by atoms with Crippen molar-refractivity contribution < 1.29 is 213 Å². The molecule has 0 radical (unpaired) electrons. The fraction of sp³-hybridized carbons (Fsp3) is 0.214. The van der Waals surface area contributed by atoms with E-state index in [2.05, 4.69) is 43.4 Å². The zero-order valence-electron chi connectivity index (χ0n) is 33.9. The summed E-state index contributed by atoms with van der Waals surface area (Å²) in [6.07, 6.45) is 0. The van der Waals surface area contributed by atoms with Crippen LogP contribution in [0.4, 0.5) is 28.4 Å². The van der Waals surface area contributed by atoms with Gasteiger partial charge >= 0.3 is 118 Å². The van der Waals surface area contributed by atoms with E-state index in [-0.39, 0.29) is 175 Å². The van der Waals surface area contributed by atoms with Crippen molar-refractivity contribution in [2.75, 3.05) is 44.7 Å². The van der Waals surface area contributed by atoms with Gasteiger partial charge in [0.25, 0.3) is 0 Å². The van der Waals surface area contributed by atoms with Crippen LogP contribution in [0.5, 0.6) is 17.2 Å². The van der Waals surface area contributed by atoms with Crippen molar-refractivity contribution >= 4 is 104 Å². The standard InChI is InChI=1S/C28H29N5O21S6.4Na/c1-47-19-14-22(58(39,40)9-7-50-60(44,45)46)20(48-2)13-18(19)31-33-27-23(59(41,42)43)11-15-10-21(55-53-51-35)26(28(34)24(15)25(27)29)32-30-16-4-3-5-17(12-16)57(37,38)8-6-49-56-54-52-36;;;;/h3-5,10-14,34-36H,6-9,29H2,1-2H3,(H,41,42,43)(H,44,45,46);;;;/q;4*+1/p-4. The van der Waals surface area contributed by atoms with Crippen LogP contribution in [0, 0.1) is 0 Å². The molecule has 3 N–H and O–H groups in total. The largest absolute Gasteiger partial charge is 1.00 e. The summed E-state index contributed by atoms with van der Waals surface area (Å²) in [6.45, 7) is -1.47. The van der Waals surface area contributed by atoms with Gasteiger partial charge in [-0.2, -0.15) is 9.45 Å². The average molecular weight is 1050 g/mol. The molecule has 0 aliphatic rings. The van der Waals surface area contributed by atoms with Gasteiger partial charge in [-0.15, -0.1) is 19.7 Å². The Balaban J connectivity index is 0.00000992. The van der Waals surface area contributed by atoms with Crippen LogP contribution in [0.15, 0.2) is 88.6 Å². The quantitative estimate of drug-likeness (QED) is 0.00849. The topological polar surface area (TPSA) is 398 Å². The van der Waals surface area contributed by atoms with Gasteiger partial charge in [-0.3, -0.25) is 18.4 Å². The van der Waals surface area contributed by atoms with Gasteiger partial charge in [-0.05, 0) is 35.7 Å². The maximum atomic E-state index is 13.0. The van der Waals surface area contributed by atoms with Gasteiger partial charge in [0.05, 0.1) is 82.4 Å². The number of hydrogen-bond acceptors (Lipinski definition) is 28. The first kappa shape index (κ1) is 63.6. The Morgan fingerprint density at radius 3 is 1.94 bits per heavy atom. The zero-order chi connectivity index (χ0) is 44.5. The maximum absolute atomic E-state index is 13.0. The number of sulfone groups is 2. The molecule has 0 atom stereocenters. The smallest absolute Gasteiger partial charge is 0.744 e. The molecule has 0 fully saturated rings. The molecule has 4 aromatic carbocycles. The molecular weight excluding hydrogens is 1030 g/mol. The second kappa shape index (κ2) is 28.3. The minimum Gasteiger partial charge on any atom is -0.744 e. The monoisotopic (exact) mass is 1050 g/mol. The van der Waals surface area contributed by atoms with E-state index >= 15 is 0 Å². The van der Waals surface area contributed by atoms with Crippen molar-refractivity contribution in [2.24, 2.45) is 20.5 Å². The van der Waals surface area contributed by atoms with Crippen LogP contribution in [0.3, 0.4) is 0 Å². The van der Waals surface area contributed by atoms with Gasteiger partial charge in [0, 0.05) is 12.1 Å². The molecule has 26 nitrogen and oxygen atoms in total. The number of nitrogens with zero attached hydrogens (tertiary/aromatic N) is 4. The van der Waals surface area contributed by atoms with Crippen LogP contribution < -0.4 is 144 Å². The summed E-state index contributed by atoms with van der Waals surface area (Å²) in [5.74, 6) is -3.22. The summed E-state index contributed by atoms with van der Waals surface area (Å²) < 4.78 is 149.